The number of aromatic nitrogens is 4. The number of rotatable bonds is 2. The average Bonchev–Trinajstić information content (AvgIpc) is 3.21. The molecule has 1 aliphatic rings. The summed E-state index contributed by atoms with van der Waals surface area (Å²) in [5, 5.41) is 16.8. The summed E-state index contributed by atoms with van der Waals surface area (Å²) in [6.45, 7) is 0. The van der Waals surface area contributed by atoms with Gasteiger partial charge >= 0.3 is 0 Å². The topological polar surface area (TPSA) is 89.7 Å². The molecule has 3 aromatic carbocycles. The van der Waals surface area contributed by atoms with E-state index in [0.717, 1.165) is 32.1 Å². The van der Waals surface area contributed by atoms with E-state index in [9.17, 15) is 0 Å². The second kappa shape index (κ2) is 6.21. The number of nitrogens with one attached hydrogen (secondary N) is 1. The van der Waals surface area contributed by atoms with Crippen LogP contribution in [0.15, 0.2) is 71.0 Å². The van der Waals surface area contributed by atoms with Crippen molar-refractivity contribution in [1.29, 1.82) is 0 Å². The van der Waals surface area contributed by atoms with E-state index < -0.39 is 0 Å². The van der Waals surface area contributed by atoms with Crippen molar-refractivity contribution in [2.45, 2.75) is 5.92 Å². The summed E-state index contributed by atoms with van der Waals surface area (Å²) in [4.78, 5) is 0. The van der Waals surface area contributed by atoms with E-state index in [1.165, 1.54) is 0 Å². The summed E-state index contributed by atoms with van der Waals surface area (Å²) >= 11 is 3.51. The first-order valence-corrected chi connectivity index (χ1v) is 9.20. The van der Waals surface area contributed by atoms with Crippen molar-refractivity contribution in [2.24, 2.45) is 5.73 Å². The smallest absolute Gasteiger partial charge is 0.206 e. The summed E-state index contributed by atoms with van der Waals surface area (Å²) in [7, 11) is 0. The Morgan fingerprint density at radius 3 is 2.59 bits per heavy atom. The van der Waals surface area contributed by atoms with Gasteiger partial charge in [-0.3, -0.25) is 0 Å². The number of aromatic amines is 1. The van der Waals surface area contributed by atoms with E-state index in [2.05, 4.69) is 60.8 Å². The molecule has 0 saturated carbocycles. The fraction of sp³-hybridized carbons (Fsp3) is 0.0500. The third-order valence-electron chi connectivity index (χ3n) is 4.78. The maximum Gasteiger partial charge on any atom is 0.206 e. The minimum Gasteiger partial charge on any atom is -0.441 e. The first kappa shape index (κ1) is 16.0. The van der Waals surface area contributed by atoms with Gasteiger partial charge in [0, 0.05) is 16.0 Å². The molecule has 0 bridgehead atoms. The molecule has 1 aliphatic heterocycles. The van der Waals surface area contributed by atoms with E-state index in [4.69, 9.17) is 10.5 Å². The second-order valence-corrected chi connectivity index (χ2v) is 7.21. The van der Waals surface area contributed by atoms with Crippen molar-refractivity contribution in [3.63, 3.8) is 0 Å². The summed E-state index contributed by atoms with van der Waals surface area (Å²) in [6, 6.07) is 20.4. The van der Waals surface area contributed by atoms with Gasteiger partial charge in [-0.2, -0.15) is 5.21 Å². The number of allylic oxidation sites excluding steroid dienone is 1. The lowest BCUT2D eigenvalue weighted by Gasteiger charge is -2.29. The number of H-pyrrole nitrogens is 1. The van der Waals surface area contributed by atoms with Gasteiger partial charge in [0.1, 0.15) is 5.75 Å². The Bertz CT molecular complexity index is 1170. The molecule has 0 amide bonds. The van der Waals surface area contributed by atoms with E-state index in [1.807, 2.05) is 36.4 Å². The predicted molar refractivity (Wildman–Crippen MR) is 106 cm³/mol. The quantitative estimate of drug-likeness (QED) is 0.512. The molecule has 2 heterocycles. The number of tetrazole rings is 1. The number of benzene rings is 3. The SMILES string of the molecule is NC1=C(c2nn[nH]n2)C(c2ccc(Br)cc2)c2c(ccc3ccccc23)O1. The number of hydrogen-bond donors (Lipinski definition) is 2. The van der Waals surface area contributed by atoms with Crippen LogP contribution in [-0.4, -0.2) is 20.6 Å². The van der Waals surface area contributed by atoms with Crippen LogP contribution in [0.4, 0.5) is 0 Å². The molecule has 27 heavy (non-hydrogen) atoms. The zero-order chi connectivity index (χ0) is 18.4. The van der Waals surface area contributed by atoms with Gasteiger partial charge < -0.3 is 10.5 Å². The number of ether oxygens (including phenoxy) is 1. The molecule has 0 saturated heterocycles. The maximum absolute atomic E-state index is 6.31. The van der Waals surface area contributed by atoms with Crippen LogP contribution in [0.2, 0.25) is 0 Å². The predicted octanol–water partition coefficient (Wildman–Crippen LogP) is 3.97. The summed E-state index contributed by atoms with van der Waals surface area (Å²) in [5.74, 6) is 1.28. The van der Waals surface area contributed by atoms with Crippen LogP contribution >= 0.6 is 15.9 Å². The zero-order valence-electron chi connectivity index (χ0n) is 14.1. The molecule has 3 N–H and O–H groups in total. The molecular formula is C20H14BrN5O. The van der Waals surface area contributed by atoms with Gasteiger partial charge in [-0.15, -0.1) is 10.2 Å². The van der Waals surface area contributed by atoms with E-state index in [-0.39, 0.29) is 11.8 Å². The van der Waals surface area contributed by atoms with Crippen molar-refractivity contribution < 1.29 is 4.74 Å². The van der Waals surface area contributed by atoms with Gasteiger partial charge in [0.25, 0.3) is 0 Å². The summed E-state index contributed by atoms with van der Waals surface area (Å²) in [5.41, 5.74) is 9.13. The second-order valence-electron chi connectivity index (χ2n) is 6.30. The van der Waals surface area contributed by atoms with Crippen molar-refractivity contribution in [1.82, 2.24) is 20.6 Å². The Morgan fingerprint density at radius 2 is 1.81 bits per heavy atom. The van der Waals surface area contributed by atoms with Crippen LogP contribution in [0.5, 0.6) is 5.75 Å². The minimum absolute atomic E-state index is 0.175. The molecule has 0 fully saturated rings. The largest absolute Gasteiger partial charge is 0.441 e. The lowest BCUT2D eigenvalue weighted by Crippen LogP contribution is -2.22. The summed E-state index contributed by atoms with van der Waals surface area (Å²) in [6.07, 6.45) is 0. The third-order valence-corrected chi connectivity index (χ3v) is 5.31. The minimum atomic E-state index is -0.175. The molecule has 1 unspecified atom stereocenters. The number of halogens is 1. The van der Waals surface area contributed by atoms with Crippen LogP contribution in [0.3, 0.4) is 0 Å². The molecule has 7 heteroatoms. The van der Waals surface area contributed by atoms with Gasteiger partial charge in [-0.05, 0) is 39.7 Å². The molecular weight excluding hydrogens is 406 g/mol. The van der Waals surface area contributed by atoms with E-state index >= 15 is 0 Å². The fourth-order valence-electron chi connectivity index (χ4n) is 3.63. The number of nitrogens with zero attached hydrogens (tertiary/aromatic N) is 3. The average molecular weight is 420 g/mol. The van der Waals surface area contributed by atoms with Crippen molar-refractivity contribution >= 4 is 32.3 Å². The normalized spacial score (nSPS) is 16.3. The highest BCUT2D eigenvalue weighted by molar-refractivity contribution is 9.10. The molecule has 1 aromatic heterocycles. The van der Waals surface area contributed by atoms with Gasteiger partial charge in [-0.1, -0.05) is 58.4 Å². The molecule has 1 atom stereocenters. The van der Waals surface area contributed by atoms with Gasteiger partial charge in [0.05, 0.1) is 5.57 Å². The van der Waals surface area contributed by atoms with Crippen molar-refractivity contribution in [3.8, 4) is 5.75 Å². The van der Waals surface area contributed by atoms with E-state index in [0.29, 0.717) is 11.4 Å². The number of nitrogens with two attached hydrogens (primary N) is 1. The number of fused-ring (bicyclic) bond motifs is 3. The molecule has 4 aromatic rings. The van der Waals surface area contributed by atoms with E-state index in [1.54, 1.807) is 0 Å². The standard InChI is InChI=1S/C20H14BrN5O/c21-13-8-5-12(6-9-13)16-17-14-4-2-1-3-11(14)7-10-15(17)27-19(22)18(16)20-23-25-26-24-20/h1-10,16H,22H2,(H,23,24,25,26). The summed E-state index contributed by atoms with van der Waals surface area (Å²) < 4.78 is 6.99. The molecule has 5 rings (SSSR count). The molecule has 0 radical (unpaired) electrons. The van der Waals surface area contributed by atoms with Gasteiger partial charge in [0.2, 0.25) is 5.82 Å². The molecule has 132 valence electrons. The van der Waals surface area contributed by atoms with Gasteiger partial charge in [-0.25, -0.2) is 0 Å². The maximum atomic E-state index is 6.31. The Labute approximate surface area is 163 Å². The van der Waals surface area contributed by atoms with Crippen LogP contribution < -0.4 is 10.5 Å². The highest BCUT2D eigenvalue weighted by atomic mass is 79.9. The van der Waals surface area contributed by atoms with Crippen LogP contribution in [0, 0.1) is 0 Å². The Morgan fingerprint density at radius 1 is 1.00 bits per heavy atom. The molecule has 6 nitrogen and oxygen atoms in total. The number of hydrogen-bond acceptors (Lipinski definition) is 5. The third kappa shape index (κ3) is 2.59. The Kier molecular flexibility index (Phi) is 3.68. The zero-order valence-corrected chi connectivity index (χ0v) is 15.6. The highest BCUT2D eigenvalue weighted by Crippen LogP contribution is 2.48. The monoisotopic (exact) mass is 419 g/mol. The first-order valence-electron chi connectivity index (χ1n) is 8.41. The Hall–Kier alpha value is -3.19. The lowest BCUT2D eigenvalue weighted by atomic mass is 9.80. The van der Waals surface area contributed by atoms with Crippen LogP contribution in [0.25, 0.3) is 16.3 Å². The fourth-order valence-corrected chi connectivity index (χ4v) is 3.89. The first-order chi connectivity index (χ1) is 13.2. The highest BCUT2D eigenvalue weighted by Gasteiger charge is 2.34. The van der Waals surface area contributed by atoms with Crippen molar-refractivity contribution in [2.75, 3.05) is 0 Å². The Balaban J connectivity index is 1.84. The van der Waals surface area contributed by atoms with Crippen molar-refractivity contribution in [3.05, 3.63) is 88.0 Å². The lowest BCUT2D eigenvalue weighted by molar-refractivity contribution is 0.405. The van der Waals surface area contributed by atoms with Crippen LogP contribution in [0.1, 0.15) is 22.9 Å². The molecule has 0 aliphatic carbocycles. The van der Waals surface area contributed by atoms with Gasteiger partial charge in [0.15, 0.2) is 5.88 Å². The van der Waals surface area contributed by atoms with Crippen LogP contribution in [-0.2, 0) is 0 Å². The molecule has 0 spiro atoms.